The van der Waals surface area contributed by atoms with Crippen LogP contribution in [0.15, 0.2) is 33.8 Å². The van der Waals surface area contributed by atoms with Crippen LogP contribution in [-0.4, -0.2) is 46.8 Å². The van der Waals surface area contributed by atoms with Crippen LogP contribution in [0.2, 0.25) is 0 Å². The molecule has 31 heavy (non-hydrogen) atoms. The second-order valence-electron chi connectivity index (χ2n) is 8.38. The van der Waals surface area contributed by atoms with Crippen molar-refractivity contribution in [1.82, 2.24) is 15.0 Å². The lowest BCUT2D eigenvalue weighted by atomic mass is 10.1. The van der Waals surface area contributed by atoms with Gasteiger partial charge >= 0.3 is 0 Å². The van der Waals surface area contributed by atoms with E-state index in [2.05, 4.69) is 36.3 Å². The van der Waals surface area contributed by atoms with Crippen LogP contribution >= 0.6 is 15.9 Å². The third-order valence-corrected chi connectivity index (χ3v) is 6.50. The van der Waals surface area contributed by atoms with Crippen molar-refractivity contribution in [2.45, 2.75) is 58.3 Å². The maximum absolute atomic E-state index is 4.90. The van der Waals surface area contributed by atoms with Gasteiger partial charge < -0.3 is 9.80 Å². The van der Waals surface area contributed by atoms with Gasteiger partial charge in [-0.2, -0.15) is 20.1 Å². The van der Waals surface area contributed by atoms with E-state index in [0.29, 0.717) is 5.95 Å². The first kappa shape index (κ1) is 22.0. The fourth-order valence-electron chi connectivity index (χ4n) is 4.12. The van der Waals surface area contributed by atoms with E-state index in [1.54, 1.807) is 0 Å². The highest BCUT2D eigenvalue weighted by atomic mass is 79.9. The third-order valence-electron chi connectivity index (χ3n) is 5.98. The third kappa shape index (κ3) is 6.15. The average molecular weight is 486 g/mol. The molecule has 4 rings (SSSR count). The van der Waals surface area contributed by atoms with Crippen molar-refractivity contribution in [3.8, 4) is 0 Å². The molecule has 0 saturated carbocycles. The van der Waals surface area contributed by atoms with Gasteiger partial charge in [0.1, 0.15) is 0 Å². The highest BCUT2D eigenvalue weighted by Crippen LogP contribution is 2.22. The zero-order valence-electron chi connectivity index (χ0n) is 18.4. The highest BCUT2D eigenvalue weighted by Gasteiger charge is 2.19. The fraction of sp³-hybridized carbons (Fsp3) is 0.565. The summed E-state index contributed by atoms with van der Waals surface area (Å²) in [4.78, 5) is 19.0. The summed E-state index contributed by atoms with van der Waals surface area (Å²) in [5, 5.41) is 4.57. The van der Waals surface area contributed by atoms with Gasteiger partial charge in [-0.05, 0) is 50.3 Å². The van der Waals surface area contributed by atoms with Crippen molar-refractivity contribution in [2.75, 3.05) is 41.4 Å². The molecule has 2 saturated heterocycles. The molecule has 1 N–H and O–H groups in total. The number of hydrogen-bond acceptors (Lipinski definition) is 7. The molecule has 2 aromatic rings. The van der Waals surface area contributed by atoms with Crippen molar-refractivity contribution in [1.29, 1.82) is 0 Å². The number of halogens is 1. The molecule has 1 aromatic heterocycles. The molecule has 2 aliphatic heterocycles. The molecule has 0 bridgehead atoms. The lowest BCUT2D eigenvalue weighted by Gasteiger charge is -2.24. The molecule has 7 nitrogen and oxygen atoms in total. The van der Waals surface area contributed by atoms with E-state index in [1.807, 2.05) is 31.2 Å². The Morgan fingerprint density at radius 1 is 0.774 bits per heavy atom. The van der Waals surface area contributed by atoms with E-state index in [0.717, 1.165) is 53.8 Å². The molecule has 1 aromatic carbocycles. The molecule has 0 atom stereocenters. The Bertz CT molecular complexity index is 830. The Morgan fingerprint density at radius 2 is 1.26 bits per heavy atom. The minimum atomic E-state index is 0.518. The summed E-state index contributed by atoms with van der Waals surface area (Å²) in [5.41, 5.74) is 5.06. The fourth-order valence-corrected chi connectivity index (χ4v) is 4.38. The number of nitrogens with zero attached hydrogens (tertiary/aromatic N) is 6. The summed E-state index contributed by atoms with van der Waals surface area (Å²) in [6.45, 7) is 6.01. The van der Waals surface area contributed by atoms with Gasteiger partial charge in [-0.1, -0.05) is 53.7 Å². The number of nitrogens with one attached hydrogen (secondary N) is 1. The lowest BCUT2D eigenvalue weighted by Crippen LogP contribution is -2.30. The predicted molar refractivity (Wildman–Crippen MR) is 131 cm³/mol. The first-order valence-corrected chi connectivity index (χ1v) is 12.3. The second-order valence-corrected chi connectivity index (χ2v) is 9.29. The van der Waals surface area contributed by atoms with Gasteiger partial charge in [-0.3, -0.25) is 0 Å². The molecule has 8 heteroatoms. The SMILES string of the molecule is CC(=NNc1nc(N2CCCCCC2)nc(N2CCCCCC2)n1)c1ccc(Br)cc1. The molecular formula is C23H32BrN7. The minimum absolute atomic E-state index is 0.518. The molecule has 2 aliphatic rings. The van der Waals surface area contributed by atoms with E-state index < -0.39 is 0 Å². The summed E-state index contributed by atoms with van der Waals surface area (Å²) in [7, 11) is 0. The van der Waals surface area contributed by atoms with Gasteiger partial charge in [0.05, 0.1) is 5.71 Å². The molecule has 0 amide bonds. The number of rotatable bonds is 5. The van der Waals surface area contributed by atoms with E-state index in [4.69, 9.17) is 15.0 Å². The standard InChI is InChI=1S/C23H32BrN7/c1-18(19-10-12-20(24)13-11-19)28-29-21-25-22(30-14-6-2-3-7-15-30)27-23(26-21)31-16-8-4-5-9-17-31/h10-13H,2-9,14-17H2,1H3,(H,25,26,27,29). The van der Waals surface area contributed by atoms with Crippen molar-refractivity contribution >= 4 is 39.5 Å². The summed E-state index contributed by atoms with van der Waals surface area (Å²) in [6, 6.07) is 8.13. The van der Waals surface area contributed by atoms with Gasteiger partial charge in [-0.15, -0.1) is 0 Å². The zero-order chi connectivity index (χ0) is 21.5. The zero-order valence-corrected chi connectivity index (χ0v) is 19.9. The van der Waals surface area contributed by atoms with Crippen LogP contribution in [0.3, 0.4) is 0 Å². The van der Waals surface area contributed by atoms with Gasteiger partial charge in [0.2, 0.25) is 17.8 Å². The van der Waals surface area contributed by atoms with E-state index in [9.17, 15) is 0 Å². The minimum Gasteiger partial charge on any atom is -0.341 e. The van der Waals surface area contributed by atoms with Gasteiger partial charge in [0.25, 0.3) is 0 Å². The monoisotopic (exact) mass is 485 g/mol. The quantitative estimate of drug-likeness (QED) is 0.461. The Labute approximate surface area is 193 Å². The maximum atomic E-state index is 4.90. The smallest absolute Gasteiger partial charge is 0.250 e. The summed E-state index contributed by atoms with van der Waals surface area (Å²) < 4.78 is 1.05. The summed E-state index contributed by atoms with van der Waals surface area (Å²) >= 11 is 3.48. The molecule has 0 radical (unpaired) electrons. The average Bonchev–Trinajstić information content (AvgIpc) is 3.23. The van der Waals surface area contributed by atoms with Crippen LogP contribution in [0.1, 0.15) is 63.9 Å². The number of benzene rings is 1. The van der Waals surface area contributed by atoms with Crippen molar-refractivity contribution in [3.05, 3.63) is 34.3 Å². The number of hydrogen-bond donors (Lipinski definition) is 1. The number of aromatic nitrogens is 3. The lowest BCUT2D eigenvalue weighted by molar-refractivity contribution is 0.726. The van der Waals surface area contributed by atoms with E-state index >= 15 is 0 Å². The molecule has 2 fully saturated rings. The van der Waals surface area contributed by atoms with Crippen LogP contribution in [0.5, 0.6) is 0 Å². The van der Waals surface area contributed by atoms with Crippen LogP contribution < -0.4 is 15.2 Å². The van der Waals surface area contributed by atoms with Crippen molar-refractivity contribution < 1.29 is 0 Å². The van der Waals surface area contributed by atoms with E-state index in [1.165, 1.54) is 51.4 Å². The van der Waals surface area contributed by atoms with Gasteiger partial charge in [-0.25, -0.2) is 5.43 Å². The molecular weight excluding hydrogens is 454 g/mol. The normalized spacial score (nSPS) is 18.5. The molecule has 0 aliphatic carbocycles. The van der Waals surface area contributed by atoms with Crippen LogP contribution in [-0.2, 0) is 0 Å². The first-order valence-electron chi connectivity index (χ1n) is 11.5. The number of anilines is 3. The van der Waals surface area contributed by atoms with Gasteiger partial charge in [0, 0.05) is 30.7 Å². The van der Waals surface area contributed by atoms with Crippen LogP contribution in [0.25, 0.3) is 0 Å². The summed E-state index contributed by atoms with van der Waals surface area (Å²) in [5.74, 6) is 2.07. The van der Waals surface area contributed by atoms with Crippen molar-refractivity contribution in [2.24, 2.45) is 5.10 Å². The van der Waals surface area contributed by atoms with Crippen LogP contribution in [0.4, 0.5) is 17.8 Å². The molecule has 0 spiro atoms. The second kappa shape index (κ2) is 10.9. The van der Waals surface area contributed by atoms with E-state index in [-0.39, 0.29) is 0 Å². The highest BCUT2D eigenvalue weighted by molar-refractivity contribution is 9.10. The first-order chi connectivity index (χ1) is 15.2. The van der Waals surface area contributed by atoms with Gasteiger partial charge in [0.15, 0.2) is 0 Å². The van der Waals surface area contributed by atoms with Crippen molar-refractivity contribution in [3.63, 3.8) is 0 Å². The van der Waals surface area contributed by atoms with Crippen LogP contribution in [0, 0.1) is 0 Å². The topological polar surface area (TPSA) is 69.5 Å². The molecule has 166 valence electrons. The Balaban J connectivity index is 1.60. The molecule has 0 unspecified atom stereocenters. The maximum Gasteiger partial charge on any atom is 0.250 e. The summed E-state index contributed by atoms with van der Waals surface area (Å²) in [6.07, 6.45) is 9.88. The largest absolute Gasteiger partial charge is 0.341 e. The number of hydrazone groups is 1. The predicted octanol–water partition coefficient (Wildman–Crippen LogP) is 5.23. The molecule has 3 heterocycles. The Morgan fingerprint density at radius 3 is 1.74 bits per heavy atom. The Hall–Kier alpha value is -2.22. The Kier molecular flexibility index (Phi) is 7.72.